The van der Waals surface area contributed by atoms with Crippen LogP contribution in [-0.4, -0.2) is 9.13 Å². The third-order valence-corrected chi connectivity index (χ3v) is 14.3. The number of benzene rings is 12. The molecular weight excluding hydrogens is 1030 g/mol. The topological polar surface area (TPSA) is 54.4 Å². The minimum absolute atomic E-state index is 0.822. The number of para-hydroxylation sites is 10. The average Bonchev–Trinajstić information content (AvgIpc) is 4.28. The van der Waals surface area contributed by atoms with Crippen LogP contribution in [0.15, 0.2) is 320 Å². The molecule has 0 aliphatic carbocycles. The standard InChI is InChI=1S/C36H27N3.C30H21BrN2.C6H7N/c1-4-14-27(15-5-1)37-28-24-31(38(29-16-6-2-7-17-29)30-18-8-3-9-19-30)26-32(25-28)39-35-22-12-10-20-33(35)34-21-11-13-23-36(34)39;31-22-19-25(32(23-11-3-1-4-12-23)24-13-5-2-6-14-24)21-26(20-22)33-29-17-9-7-15-27(29)28-16-8-10-18-30(28)33;7-6-4-2-1-3-5-6/h1-26,37H;1-21H;1-5H,7H2. The normalized spacial score (nSPS) is 10.9. The number of hydrogen-bond acceptors (Lipinski definition) is 4. The molecule has 79 heavy (non-hydrogen) atoms. The monoisotopic (exact) mass is 1080 g/mol. The third kappa shape index (κ3) is 10.7. The van der Waals surface area contributed by atoms with Crippen molar-refractivity contribution in [1.82, 2.24) is 9.13 Å². The zero-order chi connectivity index (χ0) is 53.3. The van der Waals surface area contributed by atoms with Crippen LogP contribution in [0.4, 0.5) is 51.2 Å². The molecule has 12 aromatic carbocycles. The van der Waals surface area contributed by atoms with Gasteiger partial charge in [0, 0.05) is 77.2 Å². The first kappa shape index (κ1) is 49.8. The highest BCUT2D eigenvalue weighted by Crippen LogP contribution is 2.42. The maximum absolute atomic E-state index is 5.36. The lowest BCUT2D eigenvalue weighted by atomic mass is 10.1. The molecule has 0 radical (unpaired) electrons. The molecule has 0 spiro atoms. The first-order valence-corrected chi connectivity index (χ1v) is 27.2. The first-order chi connectivity index (χ1) is 39.0. The van der Waals surface area contributed by atoms with Crippen LogP contribution < -0.4 is 20.9 Å². The van der Waals surface area contributed by atoms with E-state index in [1.807, 2.05) is 36.4 Å². The van der Waals surface area contributed by atoms with Crippen LogP contribution in [-0.2, 0) is 0 Å². The number of nitrogens with two attached hydrogens (primary N) is 1. The van der Waals surface area contributed by atoms with E-state index in [9.17, 15) is 0 Å². The first-order valence-electron chi connectivity index (χ1n) is 26.4. The van der Waals surface area contributed by atoms with Crippen molar-refractivity contribution in [3.63, 3.8) is 0 Å². The van der Waals surface area contributed by atoms with Crippen LogP contribution >= 0.6 is 15.9 Å². The van der Waals surface area contributed by atoms with E-state index in [1.54, 1.807) is 0 Å². The molecule has 6 nitrogen and oxygen atoms in total. The summed E-state index contributed by atoms with van der Waals surface area (Å²) in [6.45, 7) is 0. The molecule has 7 heteroatoms. The molecule has 0 atom stereocenters. The lowest BCUT2D eigenvalue weighted by Gasteiger charge is -2.27. The van der Waals surface area contributed by atoms with Crippen molar-refractivity contribution in [3.05, 3.63) is 320 Å². The van der Waals surface area contributed by atoms with Crippen LogP contribution in [0.5, 0.6) is 0 Å². The van der Waals surface area contributed by atoms with Crippen LogP contribution in [0.2, 0.25) is 0 Å². The highest BCUT2D eigenvalue weighted by molar-refractivity contribution is 9.10. The van der Waals surface area contributed by atoms with E-state index in [1.165, 1.54) is 43.6 Å². The van der Waals surface area contributed by atoms with Gasteiger partial charge in [0.15, 0.2) is 0 Å². The second-order valence-electron chi connectivity index (χ2n) is 19.1. The Morgan fingerprint density at radius 3 is 0.937 bits per heavy atom. The van der Waals surface area contributed by atoms with E-state index in [4.69, 9.17) is 5.73 Å². The number of fused-ring (bicyclic) bond motifs is 6. The van der Waals surface area contributed by atoms with Crippen LogP contribution in [0, 0.1) is 0 Å². The van der Waals surface area contributed by atoms with E-state index >= 15 is 0 Å². The Balaban J connectivity index is 0.000000142. The Morgan fingerprint density at radius 1 is 0.278 bits per heavy atom. The summed E-state index contributed by atoms with van der Waals surface area (Å²) in [6.07, 6.45) is 0. The fourth-order valence-corrected chi connectivity index (χ4v) is 11.0. The molecule has 14 rings (SSSR count). The van der Waals surface area contributed by atoms with Crippen molar-refractivity contribution >= 4 is 111 Å². The molecule has 2 heterocycles. The molecule has 0 amide bonds. The SMILES string of the molecule is Brc1cc(N(c2ccccc2)c2ccccc2)cc(-n2c3ccccc3c3ccccc32)c1.Nc1ccccc1.c1ccc(Nc2cc(N(c3ccccc3)c3ccccc3)cc(-n3c4ccccc4c4ccccc43)c2)cc1. The van der Waals surface area contributed by atoms with Crippen molar-refractivity contribution in [2.24, 2.45) is 0 Å². The quantitative estimate of drug-likeness (QED) is 0.134. The fourth-order valence-electron chi connectivity index (χ4n) is 10.5. The zero-order valence-corrected chi connectivity index (χ0v) is 44.9. The van der Waals surface area contributed by atoms with Crippen LogP contribution in [0.25, 0.3) is 55.0 Å². The number of rotatable bonds is 10. The lowest BCUT2D eigenvalue weighted by Crippen LogP contribution is -2.11. The Labute approximate surface area is 469 Å². The van der Waals surface area contributed by atoms with Gasteiger partial charge in [-0.05, 0) is 133 Å². The minimum Gasteiger partial charge on any atom is -0.399 e. The van der Waals surface area contributed by atoms with Crippen LogP contribution in [0.1, 0.15) is 0 Å². The molecule has 0 fully saturated rings. The molecule has 2 aromatic heterocycles. The van der Waals surface area contributed by atoms with Crippen LogP contribution in [0.3, 0.4) is 0 Å². The van der Waals surface area contributed by atoms with Crippen molar-refractivity contribution < 1.29 is 0 Å². The van der Waals surface area contributed by atoms with Gasteiger partial charge in [-0.15, -0.1) is 0 Å². The maximum atomic E-state index is 5.36. The zero-order valence-electron chi connectivity index (χ0n) is 43.3. The van der Waals surface area contributed by atoms with Crippen molar-refractivity contribution in [1.29, 1.82) is 0 Å². The summed E-state index contributed by atoms with van der Waals surface area (Å²) in [5.41, 5.74) is 21.9. The smallest absolute Gasteiger partial charge is 0.0541 e. The number of anilines is 9. The second kappa shape index (κ2) is 23.0. The van der Waals surface area contributed by atoms with Crippen molar-refractivity contribution in [2.75, 3.05) is 20.9 Å². The molecule has 0 aliphatic rings. The highest BCUT2D eigenvalue weighted by atomic mass is 79.9. The minimum atomic E-state index is 0.822. The summed E-state index contributed by atoms with van der Waals surface area (Å²) < 4.78 is 5.76. The van der Waals surface area contributed by atoms with E-state index in [0.717, 1.165) is 67.0 Å². The summed E-state index contributed by atoms with van der Waals surface area (Å²) >= 11 is 3.80. The van der Waals surface area contributed by atoms with Gasteiger partial charge < -0.3 is 30.0 Å². The number of nitrogen functional groups attached to an aromatic ring is 1. The van der Waals surface area contributed by atoms with Gasteiger partial charge in [0.25, 0.3) is 0 Å². The molecule has 0 saturated carbocycles. The Morgan fingerprint density at radius 2 is 0.582 bits per heavy atom. The van der Waals surface area contributed by atoms with E-state index in [-0.39, 0.29) is 0 Å². The van der Waals surface area contributed by atoms with Crippen molar-refractivity contribution in [3.8, 4) is 11.4 Å². The van der Waals surface area contributed by atoms with Crippen molar-refractivity contribution in [2.45, 2.75) is 0 Å². The number of aromatic nitrogens is 2. The van der Waals surface area contributed by atoms with Gasteiger partial charge in [-0.25, -0.2) is 0 Å². The summed E-state index contributed by atoms with van der Waals surface area (Å²) in [5.74, 6) is 0. The fraction of sp³-hybridized carbons (Fsp3) is 0. The van der Waals surface area contributed by atoms with E-state index in [0.29, 0.717) is 0 Å². The molecule has 380 valence electrons. The summed E-state index contributed by atoms with van der Waals surface area (Å²) in [5, 5.41) is 8.68. The third-order valence-electron chi connectivity index (χ3n) is 13.9. The Hall–Kier alpha value is -10.1. The predicted molar refractivity (Wildman–Crippen MR) is 339 cm³/mol. The number of nitrogens with zero attached hydrogens (tertiary/aromatic N) is 4. The van der Waals surface area contributed by atoms with E-state index < -0.39 is 0 Å². The summed E-state index contributed by atoms with van der Waals surface area (Å²) in [6, 6.07) is 110. The highest BCUT2D eigenvalue weighted by Gasteiger charge is 2.19. The predicted octanol–water partition coefficient (Wildman–Crippen LogP) is 20.3. The molecule has 0 aliphatic heterocycles. The summed E-state index contributed by atoms with van der Waals surface area (Å²) in [4.78, 5) is 4.61. The largest absolute Gasteiger partial charge is 0.399 e. The molecule has 3 N–H and O–H groups in total. The molecule has 0 saturated heterocycles. The van der Waals surface area contributed by atoms with Gasteiger partial charge in [-0.1, -0.05) is 198 Å². The molecule has 14 aromatic rings. The maximum Gasteiger partial charge on any atom is 0.0541 e. The molecule has 0 bridgehead atoms. The molecular formula is C72H55BrN6. The molecule has 0 unspecified atom stereocenters. The Kier molecular flexibility index (Phi) is 14.5. The average molecular weight is 1080 g/mol. The lowest BCUT2D eigenvalue weighted by molar-refractivity contribution is 1.16. The van der Waals surface area contributed by atoms with Gasteiger partial charge in [0.1, 0.15) is 0 Å². The summed E-state index contributed by atoms with van der Waals surface area (Å²) in [7, 11) is 0. The Bertz CT molecular complexity index is 4110. The van der Waals surface area contributed by atoms with Gasteiger partial charge in [-0.2, -0.15) is 0 Å². The van der Waals surface area contributed by atoms with Gasteiger partial charge in [-0.3, -0.25) is 0 Å². The number of hydrogen-bond donors (Lipinski definition) is 2. The van der Waals surface area contributed by atoms with E-state index in [2.05, 4.69) is 319 Å². The van der Waals surface area contributed by atoms with Gasteiger partial charge in [0.05, 0.1) is 33.4 Å². The number of nitrogens with one attached hydrogen (secondary N) is 1. The second-order valence-corrected chi connectivity index (χ2v) is 20.0. The van der Waals surface area contributed by atoms with Gasteiger partial charge >= 0.3 is 0 Å². The van der Waals surface area contributed by atoms with Gasteiger partial charge in [0.2, 0.25) is 0 Å². The number of halogens is 1.